The van der Waals surface area contributed by atoms with Crippen molar-refractivity contribution < 1.29 is 54.2 Å². The van der Waals surface area contributed by atoms with E-state index in [1.165, 1.54) is 0 Å². The highest BCUT2D eigenvalue weighted by molar-refractivity contribution is 5.82. The summed E-state index contributed by atoms with van der Waals surface area (Å²) >= 11 is 0. The average Bonchev–Trinajstić information content (AvgIpc) is 2.08. The standard InChI is InChI=1S/C7H3F9O3/c8-5(9,10)2(17)1-3(18)19-4(6(11,12)13)7(14,15)16/h1,4,17H/p-1/b2-1-. The summed E-state index contributed by atoms with van der Waals surface area (Å²) in [4.78, 5) is 10.4. The third-order valence-corrected chi connectivity index (χ3v) is 1.36. The van der Waals surface area contributed by atoms with Crippen molar-refractivity contribution in [3.63, 3.8) is 0 Å². The highest BCUT2D eigenvalue weighted by Gasteiger charge is 2.59. The molecule has 0 aliphatic carbocycles. The second-order valence-electron chi connectivity index (χ2n) is 2.91. The van der Waals surface area contributed by atoms with Crippen molar-refractivity contribution in [2.24, 2.45) is 0 Å². The SMILES string of the molecule is O=C(/C=C(\[O-])C(F)(F)F)OC(C(F)(F)F)C(F)(F)F. The molecule has 0 bridgehead atoms. The number of halogens is 9. The van der Waals surface area contributed by atoms with Crippen molar-refractivity contribution in [2.45, 2.75) is 24.6 Å². The van der Waals surface area contributed by atoms with Gasteiger partial charge in [0.1, 0.15) is 0 Å². The van der Waals surface area contributed by atoms with Gasteiger partial charge in [-0.05, 0) is 5.76 Å². The molecule has 0 atom stereocenters. The van der Waals surface area contributed by atoms with Crippen LogP contribution in [0.4, 0.5) is 39.5 Å². The fraction of sp³-hybridized carbons (Fsp3) is 0.571. The first kappa shape index (κ1) is 17.4. The number of alkyl halides is 9. The van der Waals surface area contributed by atoms with Crippen LogP contribution >= 0.6 is 0 Å². The Kier molecular flexibility index (Phi) is 4.73. The molecule has 0 amide bonds. The topological polar surface area (TPSA) is 49.4 Å². The molecule has 0 aromatic heterocycles. The first-order chi connectivity index (χ1) is 8.15. The lowest BCUT2D eigenvalue weighted by atomic mass is 10.3. The lowest BCUT2D eigenvalue weighted by Gasteiger charge is -2.23. The minimum absolute atomic E-state index is 1.05. The summed E-state index contributed by atoms with van der Waals surface area (Å²) in [5.74, 6) is -5.65. The third kappa shape index (κ3) is 5.70. The Morgan fingerprint density at radius 2 is 1.32 bits per heavy atom. The first-order valence-electron chi connectivity index (χ1n) is 3.95. The number of carbonyl (C=O) groups is 1. The summed E-state index contributed by atoms with van der Waals surface area (Å²) in [6.07, 6.45) is -23.5. The van der Waals surface area contributed by atoms with E-state index in [9.17, 15) is 49.4 Å². The van der Waals surface area contributed by atoms with Crippen molar-refractivity contribution in [3.05, 3.63) is 11.8 Å². The largest absolute Gasteiger partial charge is 0.869 e. The minimum Gasteiger partial charge on any atom is -0.869 e. The minimum atomic E-state index is -6.08. The quantitative estimate of drug-likeness (QED) is 0.338. The van der Waals surface area contributed by atoms with Crippen LogP contribution in [-0.2, 0) is 9.53 Å². The number of allylic oxidation sites excluding steroid dienone is 1. The molecule has 0 N–H and O–H groups in total. The van der Waals surface area contributed by atoms with Crippen molar-refractivity contribution >= 4 is 5.97 Å². The zero-order valence-corrected chi connectivity index (χ0v) is 8.28. The molecule has 0 saturated heterocycles. The molecular formula is C7H2F9O3-. The summed E-state index contributed by atoms with van der Waals surface area (Å²) in [6.45, 7) is 0. The summed E-state index contributed by atoms with van der Waals surface area (Å²) in [6, 6.07) is 0. The molecular weight excluding hydrogens is 303 g/mol. The van der Waals surface area contributed by atoms with E-state index in [4.69, 9.17) is 0 Å². The van der Waals surface area contributed by atoms with Gasteiger partial charge in [-0.2, -0.15) is 39.5 Å². The molecule has 0 aromatic carbocycles. The maximum atomic E-state index is 11.8. The molecule has 0 aliphatic rings. The Balaban J connectivity index is 5.06. The second kappa shape index (κ2) is 5.17. The predicted octanol–water partition coefficient (Wildman–Crippen LogP) is 1.83. The monoisotopic (exact) mass is 305 g/mol. The van der Waals surface area contributed by atoms with Crippen molar-refractivity contribution in [3.8, 4) is 0 Å². The summed E-state index contributed by atoms with van der Waals surface area (Å²) in [5.41, 5.74) is 0. The Morgan fingerprint density at radius 1 is 0.947 bits per heavy atom. The van der Waals surface area contributed by atoms with Crippen LogP contribution in [0.3, 0.4) is 0 Å². The molecule has 0 saturated carbocycles. The zero-order chi connectivity index (χ0) is 15.6. The van der Waals surface area contributed by atoms with Gasteiger partial charge in [-0.25, -0.2) is 4.79 Å². The molecule has 3 nitrogen and oxygen atoms in total. The molecule has 0 aromatic rings. The van der Waals surface area contributed by atoms with E-state index < -0.39 is 42.4 Å². The number of hydrogen-bond acceptors (Lipinski definition) is 3. The zero-order valence-electron chi connectivity index (χ0n) is 8.28. The van der Waals surface area contributed by atoms with E-state index in [0.717, 1.165) is 0 Å². The molecule has 0 rings (SSSR count). The molecule has 12 heteroatoms. The van der Waals surface area contributed by atoms with Crippen molar-refractivity contribution in [2.75, 3.05) is 0 Å². The molecule has 0 fully saturated rings. The van der Waals surface area contributed by atoms with Crippen LogP contribution in [0.25, 0.3) is 0 Å². The van der Waals surface area contributed by atoms with Crippen LogP contribution in [0.15, 0.2) is 11.8 Å². The van der Waals surface area contributed by atoms with E-state index in [-0.39, 0.29) is 0 Å². The van der Waals surface area contributed by atoms with E-state index in [2.05, 4.69) is 4.74 Å². The van der Waals surface area contributed by atoms with Gasteiger partial charge in [0.2, 0.25) is 0 Å². The third-order valence-electron chi connectivity index (χ3n) is 1.36. The molecule has 19 heavy (non-hydrogen) atoms. The van der Waals surface area contributed by atoms with Gasteiger partial charge in [0.25, 0.3) is 6.10 Å². The van der Waals surface area contributed by atoms with E-state index in [1.807, 2.05) is 0 Å². The Labute approximate surface area is 97.8 Å². The van der Waals surface area contributed by atoms with E-state index in [0.29, 0.717) is 0 Å². The smallest absolute Gasteiger partial charge is 0.434 e. The van der Waals surface area contributed by atoms with Crippen LogP contribution < -0.4 is 5.11 Å². The molecule has 0 radical (unpaired) electrons. The molecule has 112 valence electrons. The maximum Gasteiger partial charge on any atom is 0.434 e. The molecule has 0 spiro atoms. The van der Waals surface area contributed by atoms with E-state index in [1.54, 1.807) is 0 Å². The summed E-state index contributed by atoms with van der Waals surface area (Å²) in [5, 5.41) is 10.1. The molecule has 0 aliphatic heterocycles. The maximum absolute atomic E-state index is 11.8. The van der Waals surface area contributed by atoms with Gasteiger partial charge in [-0.15, -0.1) is 0 Å². The average molecular weight is 305 g/mol. The number of rotatable bonds is 2. The van der Waals surface area contributed by atoms with Gasteiger partial charge >= 0.3 is 24.5 Å². The van der Waals surface area contributed by atoms with Gasteiger partial charge in [-0.1, -0.05) is 0 Å². The number of esters is 1. The highest BCUT2D eigenvalue weighted by atomic mass is 19.4. The van der Waals surface area contributed by atoms with Crippen LogP contribution in [0.1, 0.15) is 0 Å². The van der Waals surface area contributed by atoms with Gasteiger partial charge in [0, 0.05) is 6.08 Å². The number of carbonyl (C=O) groups excluding carboxylic acids is 1. The van der Waals surface area contributed by atoms with Gasteiger partial charge in [0.05, 0.1) is 0 Å². The van der Waals surface area contributed by atoms with Crippen molar-refractivity contribution in [1.29, 1.82) is 0 Å². The molecule has 0 unspecified atom stereocenters. The highest BCUT2D eigenvalue weighted by Crippen LogP contribution is 2.35. The summed E-state index contributed by atoms with van der Waals surface area (Å²) in [7, 11) is 0. The second-order valence-corrected chi connectivity index (χ2v) is 2.91. The lowest BCUT2D eigenvalue weighted by Crippen LogP contribution is -2.45. The normalized spacial score (nSPS) is 14.7. The summed E-state index contributed by atoms with van der Waals surface area (Å²) < 4.78 is 109. The van der Waals surface area contributed by atoms with Crippen LogP contribution in [0, 0.1) is 0 Å². The van der Waals surface area contributed by atoms with E-state index >= 15 is 0 Å². The number of hydrogen-bond donors (Lipinski definition) is 0. The van der Waals surface area contributed by atoms with Crippen molar-refractivity contribution in [1.82, 2.24) is 0 Å². The van der Waals surface area contributed by atoms with Crippen LogP contribution in [-0.4, -0.2) is 30.6 Å². The molecule has 0 heterocycles. The van der Waals surface area contributed by atoms with Crippen LogP contribution in [0.2, 0.25) is 0 Å². The Bertz CT molecular complexity index is 347. The fourth-order valence-electron chi connectivity index (χ4n) is 0.658. The van der Waals surface area contributed by atoms with Gasteiger partial charge in [0.15, 0.2) is 0 Å². The van der Waals surface area contributed by atoms with Gasteiger partial charge in [-0.3, -0.25) is 0 Å². The Hall–Kier alpha value is -1.62. The predicted molar refractivity (Wildman–Crippen MR) is 36.1 cm³/mol. The lowest BCUT2D eigenvalue weighted by molar-refractivity contribution is -0.360. The Morgan fingerprint density at radius 3 is 1.58 bits per heavy atom. The van der Waals surface area contributed by atoms with Crippen LogP contribution in [0.5, 0.6) is 0 Å². The first-order valence-corrected chi connectivity index (χ1v) is 3.95. The fourth-order valence-corrected chi connectivity index (χ4v) is 0.658. The number of ether oxygens (including phenoxy) is 1. The van der Waals surface area contributed by atoms with Gasteiger partial charge < -0.3 is 9.84 Å².